The normalized spacial score (nSPS) is 15.7. The summed E-state index contributed by atoms with van der Waals surface area (Å²) in [5, 5.41) is 2.97. The smallest absolute Gasteiger partial charge is 0.413 e. The van der Waals surface area contributed by atoms with E-state index in [1.165, 1.54) is 17.8 Å². The number of hydrogen-bond acceptors (Lipinski definition) is 6. The molecular formula is C19H24N2O4S. The molecule has 140 valence electrons. The number of carbonyl (C=O) groups is 2. The van der Waals surface area contributed by atoms with Crippen LogP contribution in [0.3, 0.4) is 0 Å². The topological polar surface area (TPSA) is 81.4 Å². The van der Waals surface area contributed by atoms with E-state index in [9.17, 15) is 9.59 Å². The molecule has 7 heteroatoms. The van der Waals surface area contributed by atoms with Crippen molar-refractivity contribution in [1.82, 2.24) is 4.98 Å². The molecule has 1 amide bonds. The number of nitrogens with zero attached hydrogens (tertiary/aromatic N) is 1. The number of carbonyl (C=O) groups excluding carboxylic acids is 2. The van der Waals surface area contributed by atoms with Gasteiger partial charge >= 0.3 is 6.09 Å². The average Bonchev–Trinajstić information content (AvgIpc) is 3.22. The highest BCUT2D eigenvalue weighted by molar-refractivity contribution is 7.18. The molecule has 0 spiro atoms. The van der Waals surface area contributed by atoms with Crippen LogP contribution >= 0.6 is 11.3 Å². The van der Waals surface area contributed by atoms with Gasteiger partial charge in [0.2, 0.25) is 0 Å². The fourth-order valence-electron chi connectivity index (χ4n) is 3.06. The van der Waals surface area contributed by atoms with Gasteiger partial charge in [-0.15, -0.1) is 0 Å². The summed E-state index contributed by atoms with van der Waals surface area (Å²) in [6, 6.07) is 3.52. The largest absolute Gasteiger partial charge is 0.463 e. The lowest BCUT2D eigenvalue weighted by molar-refractivity contribution is 0.0635. The Labute approximate surface area is 157 Å². The Hall–Kier alpha value is -2.15. The Bertz CT molecular complexity index is 768. The lowest BCUT2D eigenvalue weighted by Gasteiger charge is -2.19. The van der Waals surface area contributed by atoms with E-state index in [-0.39, 0.29) is 11.7 Å². The number of ether oxygens (including phenoxy) is 1. The van der Waals surface area contributed by atoms with E-state index >= 15 is 0 Å². The molecule has 26 heavy (non-hydrogen) atoms. The van der Waals surface area contributed by atoms with Gasteiger partial charge in [-0.25, -0.2) is 9.78 Å². The third-order valence-electron chi connectivity index (χ3n) is 4.19. The minimum Gasteiger partial charge on any atom is -0.463 e. The number of ketones is 1. The Morgan fingerprint density at radius 2 is 2.00 bits per heavy atom. The van der Waals surface area contributed by atoms with E-state index in [0.717, 1.165) is 25.7 Å². The van der Waals surface area contributed by atoms with Crippen molar-refractivity contribution in [3.8, 4) is 11.5 Å². The first-order valence-electron chi connectivity index (χ1n) is 8.92. The molecule has 2 aromatic rings. The Balaban J connectivity index is 1.86. The van der Waals surface area contributed by atoms with Crippen LogP contribution < -0.4 is 5.32 Å². The third kappa shape index (κ3) is 4.52. The number of hydrogen-bond donors (Lipinski definition) is 1. The summed E-state index contributed by atoms with van der Waals surface area (Å²) in [4.78, 5) is 30.0. The molecule has 0 atom stereocenters. The molecular weight excluding hydrogens is 352 g/mol. The first kappa shape index (κ1) is 18.6. The molecule has 0 aromatic carbocycles. The number of anilines is 1. The zero-order valence-corrected chi connectivity index (χ0v) is 16.1. The maximum absolute atomic E-state index is 13.0. The van der Waals surface area contributed by atoms with Gasteiger partial charge in [0.15, 0.2) is 16.7 Å². The number of Topliss-reactive ketones (excluding diaryl/α,β-unsaturated/α-hetero) is 1. The van der Waals surface area contributed by atoms with Crippen LogP contribution in [0.5, 0.6) is 0 Å². The number of rotatable bonds is 4. The second kappa shape index (κ2) is 7.61. The van der Waals surface area contributed by atoms with Crippen LogP contribution in [-0.4, -0.2) is 22.5 Å². The number of amides is 1. The van der Waals surface area contributed by atoms with Crippen molar-refractivity contribution in [2.24, 2.45) is 5.92 Å². The van der Waals surface area contributed by atoms with Gasteiger partial charge in [0.05, 0.1) is 6.26 Å². The molecule has 0 aliphatic heterocycles. The van der Waals surface area contributed by atoms with Crippen LogP contribution in [0.4, 0.5) is 9.93 Å². The van der Waals surface area contributed by atoms with E-state index < -0.39 is 11.7 Å². The van der Waals surface area contributed by atoms with E-state index in [2.05, 4.69) is 10.3 Å². The predicted molar refractivity (Wildman–Crippen MR) is 101 cm³/mol. The summed E-state index contributed by atoms with van der Waals surface area (Å²) in [5.74, 6) is 0.635. The highest BCUT2D eigenvalue weighted by Crippen LogP contribution is 2.36. The van der Waals surface area contributed by atoms with Gasteiger partial charge in [-0.3, -0.25) is 10.1 Å². The maximum Gasteiger partial charge on any atom is 0.413 e. The molecule has 0 bridgehead atoms. The molecule has 0 radical (unpaired) electrons. The summed E-state index contributed by atoms with van der Waals surface area (Å²) in [6.45, 7) is 5.38. The minimum atomic E-state index is -0.605. The Kier molecular flexibility index (Phi) is 5.46. The van der Waals surface area contributed by atoms with Gasteiger partial charge in [0, 0.05) is 5.92 Å². The molecule has 1 saturated carbocycles. The molecule has 1 aliphatic rings. The minimum absolute atomic E-state index is 0.0206. The summed E-state index contributed by atoms with van der Waals surface area (Å²) < 4.78 is 10.7. The number of furan rings is 1. The number of nitrogens with one attached hydrogen (secondary N) is 1. The predicted octanol–water partition coefficient (Wildman–Crippen LogP) is 5.51. The summed E-state index contributed by atoms with van der Waals surface area (Å²) in [7, 11) is 0. The van der Waals surface area contributed by atoms with Gasteiger partial charge in [0.25, 0.3) is 0 Å². The van der Waals surface area contributed by atoms with Gasteiger partial charge in [-0.2, -0.15) is 0 Å². The molecule has 1 aliphatic carbocycles. The van der Waals surface area contributed by atoms with E-state index in [1.807, 2.05) is 0 Å². The highest BCUT2D eigenvalue weighted by Gasteiger charge is 2.29. The maximum atomic E-state index is 13.0. The number of aromatic nitrogens is 1. The van der Waals surface area contributed by atoms with Gasteiger partial charge in [-0.1, -0.05) is 30.6 Å². The first-order chi connectivity index (χ1) is 12.3. The molecule has 2 aromatic heterocycles. The molecule has 6 nitrogen and oxygen atoms in total. The van der Waals surface area contributed by atoms with Crippen LogP contribution in [0.2, 0.25) is 0 Å². The molecule has 2 heterocycles. The van der Waals surface area contributed by atoms with Crippen LogP contribution in [0, 0.1) is 5.92 Å². The lowest BCUT2D eigenvalue weighted by atomic mass is 9.85. The molecule has 3 rings (SSSR count). The van der Waals surface area contributed by atoms with Gasteiger partial charge in [0.1, 0.15) is 16.2 Å². The fourth-order valence-corrected chi connectivity index (χ4v) is 4.04. The Morgan fingerprint density at radius 1 is 1.27 bits per heavy atom. The molecule has 0 saturated heterocycles. The molecule has 1 fully saturated rings. The van der Waals surface area contributed by atoms with Crippen LogP contribution in [0.1, 0.15) is 62.5 Å². The lowest BCUT2D eigenvalue weighted by Crippen LogP contribution is -2.27. The SMILES string of the molecule is CC(C)(C)OC(=O)Nc1nc(-c2ccco2)c(C(=O)C2CCCCC2)s1. The van der Waals surface area contributed by atoms with Crippen molar-refractivity contribution in [2.75, 3.05) is 5.32 Å². The van der Waals surface area contributed by atoms with Crippen molar-refractivity contribution >= 4 is 28.3 Å². The van der Waals surface area contributed by atoms with Crippen LogP contribution in [0.25, 0.3) is 11.5 Å². The van der Waals surface area contributed by atoms with Crippen molar-refractivity contribution in [3.05, 3.63) is 23.3 Å². The quantitative estimate of drug-likeness (QED) is 0.711. The molecule has 1 N–H and O–H groups in total. The second-order valence-corrected chi connectivity index (χ2v) is 8.50. The highest BCUT2D eigenvalue weighted by atomic mass is 32.1. The van der Waals surface area contributed by atoms with E-state index in [4.69, 9.17) is 9.15 Å². The molecule has 0 unspecified atom stereocenters. The number of thiazole rings is 1. The third-order valence-corrected chi connectivity index (χ3v) is 5.17. The van der Waals surface area contributed by atoms with E-state index in [0.29, 0.717) is 21.5 Å². The standard InChI is InChI=1S/C19H24N2O4S/c1-19(2,3)25-18(23)21-17-20-14(13-10-7-11-24-13)16(26-17)15(22)12-8-5-4-6-9-12/h7,10-12H,4-6,8-9H2,1-3H3,(H,20,21,23). The monoisotopic (exact) mass is 376 g/mol. The Morgan fingerprint density at radius 3 is 2.62 bits per heavy atom. The summed E-state index contributed by atoms with van der Waals surface area (Å²) >= 11 is 1.18. The van der Waals surface area contributed by atoms with Crippen molar-refractivity contribution in [2.45, 2.75) is 58.5 Å². The van der Waals surface area contributed by atoms with Crippen LogP contribution in [-0.2, 0) is 4.74 Å². The zero-order valence-electron chi connectivity index (χ0n) is 15.3. The fraction of sp³-hybridized carbons (Fsp3) is 0.526. The summed E-state index contributed by atoms with van der Waals surface area (Å²) in [6.07, 6.45) is 6.11. The first-order valence-corrected chi connectivity index (χ1v) is 9.74. The van der Waals surface area contributed by atoms with Crippen molar-refractivity contribution < 1.29 is 18.7 Å². The van der Waals surface area contributed by atoms with Crippen LogP contribution in [0.15, 0.2) is 22.8 Å². The zero-order chi connectivity index (χ0) is 18.7. The average molecular weight is 376 g/mol. The van der Waals surface area contributed by atoms with Gasteiger partial charge in [-0.05, 0) is 45.7 Å². The summed E-state index contributed by atoms with van der Waals surface area (Å²) in [5.41, 5.74) is -0.118. The van der Waals surface area contributed by atoms with Crippen molar-refractivity contribution in [3.63, 3.8) is 0 Å². The van der Waals surface area contributed by atoms with Gasteiger partial charge < -0.3 is 9.15 Å². The second-order valence-electron chi connectivity index (χ2n) is 7.50. The van der Waals surface area contributed by atoms with E-state index in [1.54, 1.807) is 39.2 Å². The van der Waals surface area contributed by atoms with Crippen molar-refractivity contribution in [1.29, 1.82) is 0 Å².